The van der Waals surface area contributed by atoms with Crippen molar-refractivity contribution in [2.75, 3.05) is 36.6 Å². The van der Waals surface area contributed by atoms with Crippen LogP contribution >= 0.6 is 0 Å². The number of anilines is 2. The Morgan fingerprint density at radius 3 is 2.68 bits per heavy atom. The topological polar surface area (TPSA) is 95.1 Å². The SMILES string of the molecule is CCOc1ccc(N2C(=O)C(=O)/C(=C(/O)c3ccc4c(c3)N(C)CCO4)C2c2c[nH]c3ccccc23)cc1. The second-order valence-corrected chi connectivity index (χ2v) is 9.34. The Morgan fingerprint density at radius 1 is 1.11 bits per heavy atom. The van der Waals surface area contributed by atoms with Gasteiger partial charge in [0.2, 0.25) is 0 Å². The van der Waals surface area contributed by atoms with E-state index in [0.717, 1.165) is 16.6 Å². The van der Waals surface area contributed by atoms with E-state index in [-0.39, 0.29) is 11.3 Å². The fourth-order valence-electron chi connectivity index (χ4n) is 5.24. The molecule has 0 aliphatic carbocycles. The van der Waals surface area contributed by atoms with Crippen molar-refractivity contribution >= 4 is 39.7 Å². The second-order valence-electron chi connectivity index (χ2n) is 9.34. The molecular formula is C30H27N3O5. The molecule has 6 rings (SSSR count). The van der Waals surface area contributed by atoms with E-state index < -0.39 is 17.7 Å². The van der Waals surface area contributed by atoms with Crippen LogP contribution in [-0.2, 0) is 9.59 Å². The molecule has 0 radical (unpaired) electrons. The fourth-order valence-corrected chi connectivity index (χ4v) is 5.24. The van der Waals surface area contributed by atoms with Crippen LogP contribution in [0.25, 0.3) is 16.7 Å². The maximum Gasteiger partial charge on any atom is 0.300 e. The van der Waals surface area contributed by atoms with Crippen molar-refractivity contribution < 1.29 is 24.2 Å². The smallest absolute Gasteiger partial charge is 0.300 e. The molecule has 2 N–H and O–H groups in total. The molecule has 2 aliphatic rings. The van der Waals surface area contributed by atoms with E-state index in [9.17, 15) is 14.7 Å². The minimum atomic E-state index is -0.839. The Balaban J connectivity index is 1.54. The highest BCUT2D eigenvalue weighted by Crippen LogP contribution is 2.45. The van der Waals surface area contributed by atoms with E-state index in [1.54, 1.807) is 48.7 Å². The number of nitrogens with one attached hydrogen (secondary N) is 1. The second kappa shape index (κ2) is 9.30. The molecular weight excluding hydrogens is 482 g/mol. The quantitative estimate of drug-likeness (QED) is 0.223. The number of hydrogen-bond acceptors (Lipinski definition) is 6. The van der Waals surface area contributed by atoms with Gasteiger partial charge in [-0.25, -0.2) is 0 Å². The predicted octanol–water partition coefficient (Wildman–Crippen LogP) is 5.02. The number of benzene rings is 3. The van der Waals surface area contributed by atoms with Crippen LogP contribution in [0.3, 0.4) is 0 Å². The first-order chi connectivity index (χ1) is 18.5. The first kappa shape index (κ1) is 23.7. The van der Waals surface area contributed by atoms with Crippen molar-refractivity contribution in [3.05, 3.63) is 89.6 Å². The number of fused-ring (bicyclic) bond motifs is 2. The van der Waals surface area contributed by atoms with E-state index in [0.29, 0.717) is 48.1 Å². The molecule has 1 unspecified atom stereocenters. The van der Waals surface area contributed by atoms with Crippen LogP contribution < -0.4 is 19.3 Å². The van der Waals surface area contributed by atoms with E-state index in [1.165, 1.54) is 4.90 Å². The summed E-state index contributed by atoms with van der Waals surface area (Å²) in [4.78, 5) is 33.9. The molecule has 1 saturated heterocycles. The Bertz CT molecular complexity index is 1590. The Hall–Kier alpha value is -4.72. The number of amides is 1. The van der Waals surface area contributed by atoms with Crippen LogP contribution in [0.4, 0.5) is 11.4 Å². The molecule has 1 amide bonds. The minimum Gasteiger partial charge on any atom is -0.507 e. The molecule has 3 aromatic carbocycles. The lowest BCUT2D eigenvalue weighted by molar-refractivity contribution is -0.132. The van der Waals surface area contributed by atoms with Crippen molar-refractivity contribution in [2.45, 2.75) is 13.0 Å². The maximum atomic E-state index is 13.6. The van der Waals surface area contributed by atoms with Gasteiger partial charge in [-0.15, -0.1) is 0 Å². The van der Waals surface area contributed by atoms with E-state index >= 15 is 0 Å². The Morgan fingerprint density at radius 2 is 1.89 bits per heavy atom. The Labute approximate surface area is 219 Å². The zero-order valence-electron chi connectivity index (χ0n) is 21.1. The molecule has 0 bridgehead atoms. The number of aromatic nitrogens is 1. The molecule has 0 saturated carbocycles. The van der Waals surface area contributed by atoms with Gasteiger partial charge in [0, 0.05) is 41.0 Å². The number of carbonyl (C=O) groups excluding carboxylic acids is 2. The van der Waals surface area contributed by atoms with Gasteiger partial charge in [0.1, 0.15) is 23.9 Å². The Kier molecular flexibility index (Phi) is 5.79. The predicted molar refractivity (Wildman–Crippen MR) is 146 cm³/mol. The van der Waals surface area contributed by atoms with E-state index in [4.69, 9.17) is 9.47 Å². The monoisotopic (exact) mass is 509 g/mol. The number of ether oxygens (including phenoxy) is 2. The zero-order valence-corrected chi connectivity index (χ0v) is 21.1. The normalized spacial score (nSPS) is 18.5. The average Bonchev–Trinajstić information content (AvgIpc) is 3.47. The number of carbonyl (C=O) groups is 2. The van der Waals surface area contributed by atoms with Gasteiger partial charge in [-0.1, -0.05) is 18.2 Å². The molecule has 1 fully saturated rings. The number of rotatable bonds is 5. The van der Waals surface area contributed by atoms with Gasteiger partial charge in [-0.05, 0) is 55.5 Å². The third kappa shape index (κ3) is 3.76. The van der Waals surface area contributed by atoms with Gasteiger partial charge < -0.3 is 24.5 Å². The number of hydrogen-bond donors (Lipinski definition) is 2. The molecule has 8 heteroatoms. The highest BCUT2D eigenvalue weighted by atomic mass is 16.5. The summed E-state index contributed by atoms with van der Waals surface area (Å²) in [7, 11) is 1.95. The summed E-state index contributed by atoms with van der Waals surface area (Å²) in [6, 6.07) is 19.2. The van der Waals surface area contributed by atoms with Gasteiger partial charge in [0.25, 0.3) is 11.7 Å². The highest BCUT2D eigenvalue weighted by molar-refractivity contribution is 6.51. The van der Waals surface area contributed by atoms with Crippen LogP contribution in [0.2, 0.25) is 0 Å². The number of nitrogens with zero attached hydrogens (tertiary/aromatic N) is 2. The van der Waals surface area contributed by atoms with Gasteiger partial charge in [0.05, 0.1) is 30.5 Å². The molecule has 4 aromatic rings. The molecule has 1 atom stereocenters. The summed E-state index contributed by atoms with van der Waals surface area (Å²) in [5.74, 6) is -0.303. The average molecular weight is 510 g/mol. The van der Waals surface area contributed by atoms with Crippen molar-refractivity contribution in [2.24, 2.45) is 0 Å². The summed E-state index contributed by atoms with van der Waals surface area (Å²) in [6.07, 6.45) is 1.80. The van der Waals surface area contributed by atoms with Crippen molar-refractivity contribution in [1.29, 1.82) is 0 Å². The lowest BCUT2D eigenvalue weighted by atomic mass is 9.94. The van der Waals surface area contributed by atoms with Crippen molar-refractivity contribution in [3.63, 3.8) is 0 Å². The van der Waals surface area contributed by atoms with Crippen molar-refractivity contribution in [1.82, 2.24) is 4.98 Å². The molecule has 3 heterocycles. The number of Topliss-reactive ketones (excluding diaryl/α,β-unsaturated/α-hetero) is 1. The van der Waals surface area contributed by atoms with Gasteiger partial charge in [-0.3, -0.25) is 14.5 Å². The summed E-state index contributed by atoms with van der Waals surface area (Å²) in [5, 5.41) is 12.5. The fraction of sp³-hybridized carbons (Fsp3) is 0.200. The number of aromatic amines is 1. The zero-order chi connectivity index (χ0) is 26.4. The number of H-pyrrole nitrogens is 1. The third-order valence-corrected chi connectivity index (χ3v) is 7.11. The number of para-hydroxylation sites is 1. The molecule has 0 spiro atoms. The largest absolute Gasteiger partial charge is 0.507 e. The summed E-state index contributed by atoms with van der Waals surface area (Å²) >= 11 is 0. The van der Waals surface area contributed by atoms with Crippen LogP contribution in [0.15, 0.2) is 78.5 Å². The number of likely N-dealkylation sites (N-methyl/N-ethyl adjacent to an activating group) is 1. The van der Waals surface area contributed by atoms with E-state index in [1.807, 2.05) is 43.1 Å². The summed E-state index contributed by atoms with van der Waals surface area (Å²) in [5.41, 5.74) is 3.40. The van der Waals surface area contributed by atoms with Gasteiger partial charge >= 0.3 is 0 Å². The molecule has 2 aliphatic heterocycles. The van der Waals surface area contributed by atoms with Crippen LogP contribution in [0, 0.1) is 0 Å². The number of aliphatic hydroxyl groups is 1. The standard InChI is InChI=1S/C30H27N3O5/c1-3-37-20-11-9-19(10-12-20)33-27(22-17-31-23-7-5-4-6-21(22)23)26(29(35)30(33)36)28(34)18-8-13-25-24(16-18)32(2)14-15-38-25/h4-13,16-17,27,31,34H,3,14-15H2,1-2H3/b28-26+. The highest BCUT2D eigenvalue weighted by Gasteiger charge is 2.47. The van der Waals surface area contributed by atoms with Crippen molar-refractivity contribution in [3.8, 4) is 11.5 Å². The minimum absolute atomic E-state index is 0.0352. The number of ketones is 1. The van der Waals surface area contributed by atoms with Gasteiger partial charge in [-0.2, -0.15) is 0 Å². The first-order valence-electron chi connectivity index (χ1n) is 12.6. The van der Waals surface area contributed by atoms with Crippen LogP contribution in [-0.4, -0.2) is 48.6 Å². The third-order valence-electron chi connectivity index (χ3n) is 7.11. The molecule has 8 nitrogen and oxygen atoms in total. The number of aliphatic hydroxyl groups excluding tert-OH is 1. The van der Waals surface area contributed by atoms with E-state index in [2.05, 4.69) is 4.98 Å². The maximum absolute atomic E-state index is 13.6. The molecule has 38 heavy (non-hydrogen) atoms. The summed E-state index contributed by atoms with van der Waals surface area (Å²) in [6.45, 7) is 3.69. The van der Waals surface area contributed by atoms with Crippen LogP contribution in [0.1, 0.15) is 24.1 Å². The lowest BCUT2D eigenvalue weighted by Crippen LogP contribution is -2.29. The molecule has 192 valence electrons. The lowest BCUT2D eigenvalue weighted by Gasteiger charge is -2.28. The van der Waals surface area contributed by atoms with Gasteiger partial charge in [0.15, 0.2) is 0 Å². The molecule has 1 aromatic heterocycles. The first-order valence-corrected chi connectivity index (χ1v) is 12.6. The summed E-state index contributed by atoms with van der Waals surface area (Å²) < 4.78 is 11.3. The van der Waals surface area contributed by atoms with Crippen LogP contribution in [0.5, 0.6) is 11.5 Å².